The van der Waals surface area contributed by atoms with Gasteiger partial charge in [0.25, 0.3) is 0 Å². The maximum Gasteiger partial charge on any atom is 0.246 e. The van der Waals surface area contributed by atoms with Crippen LogP contribution >= 0.6 is 11.6 Å². The molecule has 1 rings (SSSR count). The molecule has 0 atom stereocenters. The highest BCUT2D eigenvalue weighted by atomic mass is 35.5. The molecule has 0 bridgehead atoms. The van der Waals surface area contributed by atoms with E-state index in [1.807, 2.05) is 13.0 Å². The van der Waals surface area contributed by atoms with E-state index in [0.717, 1.165) is 11.3 Å². The molecule has 0 saturated carbocycles. The maximum atomic E-state index is 11.7. The van der Waals surface area contributed by atoms with E-state index in [1.54, 1.807) is 24.9 Å². The standard InChI is InChI=1S/C12H15ClN4O/c1-9-10(12(13)17(3)15-9)5-6-11(18)16(2)8-4-7-14/h5-6H,4,8H2,1-3H3/b6-5+. The lowest BCUT2D eigenvalue weighted by atomic mass is 10.2. The fourth-order valence-electron chi connectivity index (χ4n) is 1.45. The fourth-order valence-corrected chi connectivity index (χ4v) is 1.68. The molecule has 1 aromatic heterocycles. The molecule has 0 aliphatic heterocycles. The minimum Gasteiger partial charge on any atom is -0.341 e. The SMILES string of the molecule is Cc1nn(C)c(Cl)c1/C=C/C(=O)N(C)CCC#N. The van der Waals surface area contributed by atoms with E-state index in [-0.39, 0.29) is 5.91 Å². The van der Waals surface area contributed by atoms with Gasteiger partial charge in [-0.1, -0.05) is 11.6 Å². The van der Waals surface area contributed by atoms with Crippen LogP contribution in [0.25, 0.3) is 6.08 Å². The predicted octanol–water partition coefficient (Wildman–Crippen LogP) is 1.77. The minimum atomic E-state index is -0.162. The summed E-state index contributed by atoms with van der Waals surface area (Å²) >= 11 is 6.04. The van der Waals surface area contributed by atoms with Crippen LogP contribution in [0.2, 0.25) is 5.15 Å². The van der Waals surface area contributed by atoms with Crippen LogP contribution in [0.3, 0.4) is 0 Å². The van der Waals surface area contributed by atoms with Crippen LogP contribution in [0, 0.1) is 18.3 Å². The number of carbonyl (C=O) groups is 1. The average Bonchev–Trinajstić information content (AvgIpc) is 2.58. The Hall–Kier alpha value is -1.80. The van der Waals surface area contributed by atoms with E-state index < -0.39 is 0 Å². The van der Waals surface area contributed by atoms with Crippen molar-refractivity contribution in [1.29, 1.82) is 5.26 Å². The number of rotatable bonds is 4. The summed E-state index contributed by atoms with van der Waals surface area (Å²) in [4.78, 5) is 13.2. The van der Waals surface area contributed by atoms with Gasteiger partial charge in [-0.15, -0.1) is 0 Å². The quantitative estimate of drug-likeness (QED) is 0.780. The molecule has 0 unspecified atom stereocenters. The molecule has 1 amide bonds. The Labute approximate surface area is 111 Å². The zero-order valence-electron chi connectivity index (χ0n) is 10.6. The molecule has 0 aromatic carbocycles. The predicted molar refractivity (Wildman–Crippen MR) is 69.9 cm³/mol. The molecule has 1 heterocycles. The molecule has 6 heteroatoms. The first-order valence-electron chi connectivity index (χ1n) is 5.46. The van der Waals surface area contributed by atoms with Crippen LogP contribution in [-0.2, 0) is 11.8 Å². The number of amides is 1. The molecule has 0 N–H and O–H groups in total. The first kappa shape index (κ1) is 14.3. The van der Waals surface area contributed by atoms with Gasteiger partial charge in [-0.05, 0) is 13.0 Å². The van der Waals surface area contributed by atoms with Crippen molar-refractivity contribution in [3.05, 3.63) is 22.5 Å². The summed E-state index contributed by atoms with van der Waals surface area (Å²) in [6.45, 7) is 2.24. The van der Waals surface area contributed by atoms with E-state index in [4.69, 9.17) is 16.9 Å². The molecule has 0 fully saturated rings. The third kappa shape index (κ3) is 3.34. The van der Waals surface area contributed by atoms with Crippen molar-refractivity contribution in [2.75, 3.05) is 13.6 Å². The Morgan fingerprint density at radius 3 is 2.83 bits per heavy atom. The van der Waals surface area contributed by atoms with Crippen LogP contribution in [0.4, 0.5) is 0 Å². The Bertz CT molecular complexity index is 513. The smallest absolute Gasteiger partial charge is 0.246 e. The van der Waals surface area contributed by atoms with E-state index in [9.17, 15) is 4.79 Å². The fraction of sp³-hybridized carbons (Fsp3) is 0.417. The number of hydrogen-bond acceptors (Lipinski definition) is 3. The molecular formula is C12H15ClN4O. The van der Waals surface area contributed by atoms with Gasteiger partial charge in [-0.2, -0.15) is 10.4 Å². The lowest BCUT2D eigenvalue weighted by Crippen LogP contribution is -2.25. The summed E-state index contributed by atoms with van der Waals surface area (Å²) in [6.07, 6.45) is 3.41. The zero-order chi connectivity index (χ0) is 13.7. The summed E-state index contributed by atoms with van der Waals surface area (Å²) in [7, 11) is 3.40. The Morgan fingerprint density at radius 1 is 1.67 bits per heavy atom. The van der Waals surface area contributed by atoms with Crippen molar-refractivity contribution < 1.29 is 4.79 Å². The number of likely N-dealkylation sites (N-methyl/N-ethyl adjacent to an activating group) is 1. The van der Waals surface area contributed by atoms with Gasteiger partial charge >= 0.3 is 0 Å². The van der Waals surface area contributed by atoms with Gasteiger partial charge < -0.3 is 4.90 Å². The zero-order valence-corrected chi connectivity index (χ0v) is 11.4. The van der Waals surface area contributed by atoms with Gasteiger partial charge in [-0.25, -0.2) is 0 Å². The summed E-state index contributed by atoms with van der Waals surface area (Å²) < 4.78 is 1.56. The lowest BCUT2D eigenvalue weighted by molar-refractivity contribution is -0.124. The number of hydrogen-bond donors (Lipinski definition) is 0. The van der Waals surface area contributed by atoms with Gasteiger partial charge in [0.15, 0.2) is 0 Å². The Morgan fingerprint density at radius 2 is 2.33 bits per heavy atom. The molecule has 96 valence electrons. The van der Waals surface area contributed by atoms with Crippen LogP contribution in [-0.4, -0.2) is 34.2 Å². The van der Waals surface area contributed by atoms with Crippen molar-refractivity contribution in [2.24, 2.45) is 7.05 Å². The largest absolute Gasteiger partial charge is 0.341 e. The lowest BCUT2D eigenvalue weighted by Gasteiger charge is -2.12. The Kier molecular flexibility index (Phi) is 4.93. The number of nitriles is 1. The van der Waals surface area contributed by atoms with Crippen molar-refractivity contribution in [3.63, 3.8) is 0 Å². The summed E-state index contributed by atoms with van der Waals surface area (Å²) in [5.74, 6) is -0.162. The van der Waals surface area contributed by atoms with E-state index in [2.05, 4.69) is 5.10 Å². The highest BCUT2D eigenvalue weighted by Crippen LogP contribution is 2.19. The highest BCUT2D eigenvalue weighted by molar-refractivity contribution is 6.31. The topological polar surface area (TPSA) is 61.9 Å². The summed E-state index contributed by atoms with van der Waals surface area (Å²) in [5.41, 5.74) is 1.51. The molecule has 1 aromatic rings. The molecule has 18 heavy (non-hydrogen) atoms. The minimum absolute atomic E-state index is 0.162. The van der Waals surface area contributed by atoms with E-state index in [0.29, 0.717) is 18.1 Å². The van der Waals surface area contributed by atoms with Gasteiger partial charge in [-0.3, -0.25) is 9.48 Å². The van der Waals surface area contributed by atoms with Gasteiger partial charge in [0, 0.05) is 32.3 Å². The second-order valence-corrected chi connectivity index (χ2v) is 4.27. The number of carbonyl (C=O) groups excluding carboxylic acids is 1. The van der Waals surface area contributed by atoms with E-state index >= 15 is 0 Å². The third-order valence-corrected chi connectivity index (χ3v) is 2.97. The molecule has 0 spiro atoms. The van der Waals surface area contributed by atoms with E-state index in [1.165, 1.54) is 11.0 Å². The van der Waals surface area contributed by atoms with Crippen molar-refractivity contribution in [1.82, 2.24) is 14.7 Å². The number of halogens is 1. The third-order valence-electron chi connectivity index (χ3n) is 2.52. The van der Waals surface area contributed by atoms with Gasteiger partial charge in [0.05, 0.1) is 18.2 Å². The van der Waals surface area contributed by atoms with Crippen LogP contribution < -0.4 is 0 Å². The van der Waals surface area contributed by atoms with Crippen LogP contribution in [0.5, 0.6) is 0 Å². The van der Waals surface area contributed by atoms with Crippen molar-refractivity contribution in [2.45, 2.75) is 13.3 Å². The number of aryl methyl sites for hydroxylation is 2. The van der Waals surface area contributed by atoms with Crippen molar-refractivity contribution >= 4 is 23.6 Å². The van der Waals surface area contributed by atoms with Crippen molar-refractivity contribution in [3.8, 4) is 6.07 Å². The second-order valence-electron chi connectivity index (χ2n) is 3.91. The monoisotopic (exact) mass is 266 g/mol. The normalized spacial score (nSPS) is 10.6. The Balaban J connectivity index is 2.75. The first-order chi connectivity index (χ1) is 8.47. The molecule has 0 radical (unpaired) electrons. The van der Waals surface area contributed by atoms with Gasteiger partial charge in [0.1, 0.15) is 5.15 Å². The maximum absolute atomic E-state index is 11.7. The first-order valence-corrected chi connectivity index (χ1v) is 5.84. The van der Waals surface area contributed by atoms with Crippen LogP contribution in [0.15, 0.2) is 6.08 Å². The summed E-state index contributed by atoms with van der Waals surface area (Å²) in [5, 5.41) is 13.1. The molecule has 0 saturated heterocycles. The number of aromatic nitrogens is 2. The average molecular weight is 267 g/mol. The highest BCUT2D eigenvalue weighted by Gasteiger charge is 2.09. The molecular weight excluding hydrogens is 252 g/mol. The van der Waals surface area contributed by atoms with Crippen LogP contribution in [0.1, 0.15) is 17.7 Å². The molecule has 5 nitrogen and oxygen atoms in total. The summed E-state index contributed by atoms with van der Waals surface area (Å²) in [6, 6.07) is 2.00. The molecule has 0 aliphatic rings. The number of nitrogens with zero attached hydrogens (tertiary/aromatic N) is 4. The second kappa shape index (κ2) is 6.22. The molecule has 0 aliphatic carbocycles. The van der Waals surface area contributed by atoms with Gasteiger partial charge in [0.2, 0.25) is 5.91 Å².